The van der Waals surface area contributed by atoms with Gasteiger partial charge in [0, 0.05) is 5.56 Å². The molecule has 0 saturated carbocycles. The van der Waals surface area contributed by atoms with Crippen LogP contribution in [0.4, 0.5) is 5.69 Å². The lowest BCUT2D eigenvalue weighted by Gasteiger charge is -2.13. The number of benzene rings is 3. The van der Waals surface area contributed by atoms with Crippen LogP contribution in [0.15, 0.2) is 66.7 Å². The summed E-state index contributed by atoms with van der Waals surface area (Å²) >= 11 is 12.1. The second-order valence-electron chi connectivity index (χ2n) is 6.50. The molecule has 0 fully saturated rings. The van der Waals surface area contributed by atoms with E-state index in [1.165, 1.54) is 23.1 Å². The van der Waals surface area contributed by atoms with Gasteiger partial charge in [0.25, 0.3) is 17.7 Å². The van der Waals surface area contributed by atoms with Gasteiger partial charge in [-0.3, -0.25) is 19.3 Å². The normalized spacial score (nSPS) is 12.8. The minimum Gasteiger partial charge on any atom is -0.321 e. The minimum absolute atomic E-state index is 0.173. The highest BCUT2D eigenvalue weighted by molar-refractivity contribution is 6.44. The number of carbonyl (C=O) groups is 3. The molecule has 0 bridgehead atoms. The van der Waals surface area contributed by atoms with Gasteiger partial charge in [-0.1, -0.05) is 59.6 Å². The highest BCUT2D eigenvalue weighted by atomic mass is 35.5. The number of nitrogens with one attached hydrogen (secondary N) is 1. The summed E-state index contributed by atoms with van der Waals surface area (Å²) in [6.07, 6.45) is 0. The summed E-state index contributed by atoms with van der Waals surface area (Å²) < 4.78 is 0. The van der Waals surface area contributed by atoms with Crippen LogP contribution in [0.25, 0.3) is 0 Å². The van der Waals surface area contributed by atoms with Crippen molar-refractivity contribution in [2.75, 3.05) is 5.32 Å². The highest BCUT2D eigenvalue weighted by Crippen LogP contribution is 2.30. The van der Waals surface area contributed by atoms with Gasteiger partial charge in [0.05, 0.1) is 33.4 Å². The van der Waals surface area contributed by atoms with Gasteiger partial charge in [-0.2, -0.15) is 0 Å². The predicted molar refractivity (Wildman–Crippen MR) is 112 cm³/mol. The SMILES string of the molecule is O=C(Nc1cccc(Cl)c1Cl)c1ccc2c(c1)C(=O)N(Cc1ccccc1)C2=O. The standard InChI is InChI=1S/C22H14Cl2N2O3/c23-17-7-4-8-18(19(17)24)25-20(27)14-9-10-15-16(11-14)22(29)26(21(15)28)12-13-5-2-1-3-6-13/h1-11H,12H2,(H,25,27). The van der Waals surface area contributed by atoms with Crippen LogP contribution in [0.1, 0.15) is 36.6 Å². The van der Waals surface area contributed by atoms with Crippen LogP contribution >= 0.6 is 23.2 Å². The van der Waals surface area contributed by atoms with E-state index >= 15 is 0 Å². The molecule has 0 spiro atoms. The summed E-state index contributed by atoms with van der Waals surface area (Å²) in [5, 5.41) is 3.21. The average molecular weight is 425 g/mol. The Kier molecular flexibility index (Phi) is 5.09. The van der Waals surface area contributed by atoms with Crippen molar-refractivity contribution < 1.29 is 14.4 Å². The Morgan fingerprint density at radius 3 is 2.34 bits per heavy atom. The molecule has 4 rings (SSSR count). The first-order valence-electron chi connectivity index (χ1n) is 8.75. The number of halogens is 2. The maximum absolute atomic E-state index is 12.8. The number of imide groups is 1. The summed E-state index contributed by atoms with van der Waals surface area (Å²) in [5.74, 6) is -1.26. The predicted octanol–water partition coefficient (Wildman–Crippen LogP) is 5.04. The highest BCUT2D eigenvalue weighted by Gasteiger charge is 2.36. The summed E-state index contributed by atoms with van der Waals surface area (Å²) in [6, 6.07) is 18.6. The second kappa shape index (κ2) is 7.70. The van der Waals surface area contributed by atoms with Crippen molar-refractivity contribution in [3.8, 4) is 0 Å². The van der Waals surface area contributed by atoms with Crippen molar-refractivity contribution in [2.24, 2.45) is 0 Å². The number of hydrogen-bond donors (Lipinski definition) is 1. The quantitative estimate of drug-likeness (QED) is 0.596. The number of amides is 3. The molecular weight excluding hydrogens is 411 g/mol. The molecule has 3 amide bonds. The molecule has 0 atom stereocenters. The van der Waals surface area contributed by atoms with Gasteiger partial charge in [-0.25, -0.2) is 0 Å². The van der Waals surface area contributed by atoms with Crippen LogP contribution in [-0.2, 0) is 6.54 Å². The van der Waals surface area contributed by atoms with Gasteiger partial charge in [0.1, 0.15) is 0 Å². The summed E-state index contributed by atoms with van der Waals surface area (Å²) in [4.78, 5) is 39.2. The molecular formula is C22H14Cl2N2O3. The van der Waals surface area contributed by atoms with Gasteiger partial charge in [0.15, 0.2) is 0 Å². The Bertz CT molecular complexity index is 1150. The molecule has 5 nitrogen and oxygen atoms in total. The first-order valence-corrected chi connectivity index (χ1v) is 9.51. The Labute approximate surface area is 176 Å². The summed E-state index contributed by atoms with van der Waals surface area (Å²) in [5.41, 5.74) is 1.93. The number of nitrogens with zero attached hydrogens (tertiary/aromatic N) is 1. The molecule has 1 N–H and O–H groups in total. The van der Waals surface area contributed by atoms with Crippen molar-refractivity contribution in [3.63, 3.8) is 0 Å². The third-order valence-electron chi connectivity index (χ3n) is 4.62. The van der Waals surface area contributed by atoms with E-state index in [2.05, 4.69) is 5.32 Å². The molecule has 0 unspecified atom stereocenters. The first-order chi connectivity index (χ1) is 14.0. The Balaban J connectivity index is 1.58. The largest absolute Gasteiger partial charge is 0.321 e. The Morgan fingerprint density at radius 1 is 0.862 bits per heavy atom. The third-order valence-corrected chi connectivity index (χ3v) is 5.44. The fraction of sp³-hybridized carbons (Fsp3) is 0.0455. The van der Waals surface area contributed by atoms with Crippen molar-refractivity contribution >= 4 is 46.6 Å². The van der Waals surface area contributed by atoms with E-state index in [4.69, 9.17) is 23.2 Å². The van der Waals surface area contributed by atoms with Crippen molar-refractivity contribution in [1.29, 1.82) is 0 Å². The number of carbonyl (C=O) groups excluding carboxylic acids is 3. The maximum atomic E-state index is 12.8. The molecule has 29 heavy (non-hydrogen) atoms. The van der Waals surface area contributed by atoms with E-state index in [1.807, 2.05) is 30.3 Å². The molecule has 1 heterocycles. The van der Waals surface area contributed by atoms with E-state index in [0.717, 1.165) is 5.56 Å². The van der Waals surface area contributed by atoms with Gasteiger partial charge in [0.2, 0.25) is 0 Å². The fourth-order valence-electron chi connectivity index (χ4n) is 3.14. The molecule has 3 aromatic carbocycles. The molecule has 1 aliphatic rings. The van der Waals surface area contributed by atoms with Crippen LogP contribution < -0.4 is 5.32 Å². The Morgan fingerprint density at radius 2 is 1.59 bits per heavy atom. The Hall–Kier alpha value is -3.15. The van der Waals surface area contributed by atoms with E-state index in [9.17, 15) is 14.4 Å². The smallest absolute Gasteiger partial charge is 0.261 e. The average Bonchev–Trinajstić information content (AvgIpc) is 2.96. The zero-order valence-electron chi connectivity index (χ0n) is 15.0. The van der Waals surface area contributed by atoms with Crippen LogP contribution in [0.3, 0.4) is 0 Å². The molecule has 144 valence electrons. The second-order valence-corrected chi connectivity index (χ2v) is 7.28. The lowest BCUT2D eigenvalue weighted by Crippen LogP contribution is -2.29. The van der Waals surface area contributed by atoms with Crippen LogP contribution in [-0.4, -0.2) is 22.6 Å². The summed E-state index contributed by atoms with van der Waals surface area (Å²) in [7, 11) is 0. The van der Waals surface area contributed by atoms with Crippen molar-refractivity contribution in [2.45, 2.75) is 6.54 Å². The molecule has 7 heteroatoms. The van der Waals surface area contributed by atoms with Crippen LogP contribution in [0.2, 0.25) is 10.0 Å². The fourth-order valence-corrected chi connectivity index (χ4v) is 3.48. The topological polar surface area (TPSA) is 66.5 Å². The molecule has 1 aliphatic heterocycles. The van der Waals surface area contributed by atoms with Crippen molar-refractivity contribution in [3.05, 3.63) is 99.0 Å². The maximum Gasteiger partial charge on any atom is 0.261 e. The van der Waals surface area contributed by atoms with Gasteiger partial charge in [-0.15, -0.1) is 0 Å². The van der Waals surface area contributed by atoms with Crippen LogP contribution in [0.5, 0.6) is 0 Å². The van der Waals surface area contributed by atoms with Gasteiger partial charge >= 0.3 is 0 Å². The van der Waals surface area contributed by atoms with Crippen LogP contribution in [0, 0.1) is 0 Å². The molecule has 0 aliphatic carbocycles. The first kappa shape index (κ1) is 19.2. The van der Waals surface area contributed by atoms with Crippen molar-refractivity contribution in [1.82, 2.24) is 4.90 Å². The van der Waals surface area contributed by atoms with E-state index < -0.39 is 11.8 Å². The zero-order valence-corrected chi connectivity index (χ0v) is 16.5. The molecule has 3 aromatic rings. The van der Waals surface area contributed by atoms with Gasteiger partial charge in [-0.05, 0) is 35.9 Å². The minimum atomic E-state index is -0.460. The van der Waals surface area contributed by atoms with E-state index in [0.29, 0.717) is 10.7 Å². The lowest BCUT2D eigenvalue weighted by atomic mass is 10.1. The zero-order chi connectivity index (χ0) is 20.5. The molecule has 0 radical (unpaired) electrons. The monoisotopic (exact) mass is 424 g/mol. The third kappa shape index (κ3) is 3.62. The van der Waals surface area contributed by atoms with E-state index in [-0.39, 0.29) is 34.2 Å². The summed E-state index contributed by atoms with van der Waals surface area (Å²) in [6.45, 7) is 0.173. The number of rotatable bonds is 4. The number of hydrogen-bond acceptors (Lipinski definition) is 3. The number of fused-ring (bicyclic) bond motifs is 1. The molecule has 0 aromatic heterocycles. The van der Waals surface area contributed by atoms with E-state index in [1.54, 1.807) is 18.2 Å². The number of anilines is 1. The molecule has 0 saturated heterocycles. The van der Waals surface area contributed by atoms with Gasteiger partial charge < -0.3 is 5.32 Å². The lowest BCUT2D eigenvalue weighted by molar-refractivity contribution is 0.0642.